The summed E-state index contributed by atoms with van der Waals surface area (Å²) in [6, 6.07) is 7.45. The van der Waals surface area contributed by atoms with Crippen LogP contribution in [0.5, 0.6) is 0 Å². The lowest BCUT2D eigenvalue weighted by atomic mass is 10.1. The fourth-order valence-electron chi connectivity index (χ4n) is 4.00. The van der Waals surface area contributed by atoms with Crippen LogP contribution in [0.2, 0.25) is 0 Å². The molecule has 0 N–H and O–H groups in total. The van der Waals surface area contributed by atoms with Crippen LogP contribution in [-0.4, -0.2) is 49.7 Å². The van der Waals surface area contributed by atoms with Gasteiger partial charge >= 0.3 is 0 Å². The number of rotatable bonds is 3. The lowest BCUT2D eigenvalue weighted by molar-refractivity contribution is 0.0697. The van der Waals surface area contributed by atoms with Gasteiger partial charge in [-0.15, -0.1) is 11.3 Å². The van der Waals surface area contributed by atoms with Gasteiger partial charge < -0.3 is 4.90 Å². The first kappa shape index (κ1) is 18.7. The van der Waals surface area contributed by atoms with Crippen LogP contribution in [0.1, 0.15) is 37.7 Å². The van der Waals surface area contributed by atoms with Crippen LogP contribution < -0.4 is 0 Å². The summed E-state index contributed by atoms with van der Waals surface area (Å²) in [5.74, 6) is 0.00595. The smallest absolute Gasteiger partial charge is 0.255 e. The molecule has 1 fully saturated rings. The summed E-state index contributed by atoms with van der Waals surface area (Å²) >= 11 is 1.62. The number of benzene rings is 1. The van der Waals surface area contributed by atoms with E-state index >= 15 is 0 Å². The second kappa shape index (κ2) is 7.04. The fraction of sp³-hybridized carbons (Fsp3) is 0.450. The summed E-state index contributed by atoms with van der Waals surface area (Å²) in [5, 5.41) is 0. The summed E-state index contributed by atoms with van der Waals surface area (Å²) in [6.45, 7) is 5.49. The molecule has 1 aromatic heterocycles. The van der Waals surface area contributed by atoms with Gasteiger partial charge in [0.2, 0.25) is 10.0 Å². The highest BCUT2D eigenvalue weighted by atomic mass is 32.2. The van der Waals surface area contributed by atoms with Gasteiger partial charge in [-0.05, 0) is 62.4 Å². The summed E-state index contributed by atoms with van der Waals surface area (Å²) in [6.07, 6.45) is 3.10. The molecular formula is C20H24N2O3S2. The van der Waals surface area contributed by atoms with Crippen LogP contribution >= 0.6 is 11.3 Å². The molecule has 144 valence electrons. The molecular weight excluding hydrogens is 380 g/mol. The van der Waals surface area contributed by atoms with Gasteiger partial charge in [0.15, 0.2) is 0 Å². The molecule has 5 nitrogen and oxygen atoms in total. The molecule has 0 bridgehead atoms. The molecule has 7 heteroatoms. The lowest BCUT2D eigenvalue weighted by Crippen LogP contribution is -2.50. The van der Waals surface area contributed by atoms with Crippen LogP contribution in [0.4, 0.5) is 0 Å². The van der Waals surface area contributed by atoms with Crippen molar-refractivity contribution in [2.75, 3.05) is 26.2 Å². The van der Waals surface area contributed by atoms with Crippen molar-refractivity contribution in [3.63, 3.8) is 0 Å². The molecule has 1 aliphatic carbocycles. The largest absolute Gasteiger partial charge is 0.336 e. The van der Waals surface area contributed by atoms with E-state index in [-0.39, 0.29) is 5.91 Å². The molecule has 2 heterocycles. The molecule has 1 aromatic carbocycles. The zero-order valence-electron chi connectivity index (χ0n) is 15.7. The van der Waals surface area contributed by atoms with E-state index in [1.807, 2.05) is 32.0 Å². The Morgan fingerprint density at radius 3 is 2.37 bits per heavy atom. The maximum absolute atomic E-state index is 13.0. The van der Waals surface area contributed by atoms with Crippen molar-refractivity contribution in [3.05, 3.63) is 50.7 Å². The third-order valence-corrected chi connectivity index (χ3v) is 8.37. The van der Waals surface area contributed by atoms with Crippen molar-refractivity contribution in [2.45, 2.75) is 38.0 Å². The second-order valence-corrected chi connectivity index (χ2v) is 10.7. The van der Waals surface area contributed by atoms with Crippen LogP contribution in [0.3, 0.4) is 0 Å². The van der Waals surface area contributed by atoms with Crippen molar-refractivity contribution in [3.8, 4) is 0 Å². The number of thiophene rings is 1. The van der Waals surface area contributed by atoms with Crippen molar-refractivity contribution < 1.29 is 13.2 Å². The van der Waals surface area contributed by atoms with Crippen molar-refractivity contribution in [1.82, 2.24) is 9.21 Å². The Morgan fingerprint density at radius 1 is 1.00 bits per heavy atom. The number of carbonyl (C=O) groups is 1. The monoisotopic (exact) mass is 404 g/mol. The Bertz CT molecular complexity index is 987. The molecule has 27 heavy (non-hydrogen) atoms. The van der Waals surface area contributed by atoms with Crippen LogP contribution in [-0.2, 0) is 22.9 Å². The third kappa shape index (κ3) is 3.44. The average Bonchev–Trinajstić information content (AvgIpc) is 3.26. The molecule has 1 saturated heterocycles. The third-order valence-electron chi connectivity index (χ3n) is 5.50. The first-order chi connectivity index (χ1) is 12.9. The summed E-state index contributed by atoms with van der Waals surface area (Å²) in [7, 11) is -3.50. The number of hydrogen-bond acceptors (Lipinski definition) is 4. The van der Waals surface area contributed by atoms with E-state index in [2.05, 4.69) is 0 Å². The van der Waals surface area contributed by atoms with Crippen LogP contribution in [0, 0.1) is 13.8 Å². The molecule has 4 rings (SSSR count). The van der Waals surface area contributed by atoms with Gasteiger partial charge in [0.25, 0.3) is 5.91 Å². The minimum atomic E-state index is -3.50. The number of carbonyl (C=O) groups excluding carboxylic acids is 1. The fourth-order valence-corrected chi connectivity index (χ4v) is 6.39. The summed E-state index contributed by atoms with van der Waals surface area (Å²) in [4.78, 5) is 17.0. The predicted octanol–water partition coefficient (Wildman–Crippen LogP) is 3.00. The minimum Gasteiger partial charge on any atom is -0.336 e. The Kier molecular flexibility index (Phi) is 4.86. The van der Waals surface area contributed by atoms with Crippen molar-refractivity contribution in [1.29, 1.82) is 0 Å². The van der Waals surface area contributed by atoms with E-state index in [1.165, 1.54) is 9.87 Å². The highest BCUT2D eigenvalue weighted by Gasteiger charge is 2.31. The SMILES string of the molecule is Cc1cc(C(=O)N2CCN(S(=O)(=O)c3ccc4c(c3)CCC4)CC2)c(C)s1. The number of piperazine rings is 1. The van der Waals surface area contributed by atoms with Gasteiger partial charge in [-0.1, -0.05) is 6.07 Å². The predicted molar refractivity (Wildman–Crippen MR) is 107 cm³/mol. The van der Waals surface area contributed by atoms with Crippen LogP contribution in [0.25, 0.3) is 0 Å². The van der Waals surface area contributed by atoms with E-state index in [4.69, 9.17) is 0 Å². The molecule has 0 unspecified atom stereocenters. The van der Waals surface area contributed by atoms with Gasteiger partial charge in [-0.25, -0.2) is 8.42 Å². The van der Waals surface area contributed by atoms with Crippen molar-refractivity contribution >= 4 is 27.3 Å². The average molecular weight is 405 g/mol. The quantitative estimate of drug-likeness (QED) is 0.790. The molecule has 1 amide bonds. The first-order valence-electron chi connectivity index (χ1n) is 9.34. The number of nitrogens with zero attached hydrogens (tertiary/aromatic N) is 2. The number of amides is 1. The number of aryl methyl sites for hydroxylation is 4. The first-order valence-corrected chi connectivity index (χ1v) is 11.6. The second-order valence-electron chi connectivity index (χ2n) is 7.31. The minimum absolute atomic E-state index is 0.00595. The van der Waals surface area contributed by atoms with Crippen molar-refractivity contribution in [2.24, 2.45) is 0 Å². The maximum Gasteiger partial charge on any atom is 0.255 e. The Labute approximate surface area is 164 Å². The van der Waals surface area contributed by atoms with Gasteiger partial charge in [-0.3, -0.25) is 4.79 Å². The van der Waals surface area contributed by atoms with E-state index in [9.17, 15) is 13.2 Å². The van der Waals surface area contributed by atoms with Gasteiger partial charge in [0.05, 0.1) is 10.5 Å². The van der Waals surface area contributed by atoms with E-state index in [1.54, 1.807) is 22.3 Å². The molecule has 0 saturated carbocycles. The van der Waals surface area contributed by atoms with Gasteiger partial charge in [0, 0.05) is 35.9 Å². The number of sulfonamides is 1. The Hall–Kier alpha value is -1.70. The highest BCUT2D eigenvalue weighted by molar-refractivity contribution is 7.89. The zero-order valence-corrected chi connectivity index (χ0v) is 17.3. The Balaban J connectivity index is 1.47. The van der Waals surface area contributed by atoms with E-state index < -0.39 is 10.0 Å². The lowest BCUT2D eigenvalue weighted by Gasteiger charge is -2.34. The molecule has 0 atom stereocenters. The summed E-state index contributed by atoms with van der Waals surface area (Å²) < 4.78 is 27.5. The normalized spacial score (nSPS) is 17.9. The molecule has 0 spiro atoms. The van der Waals surface area contributed by atoms with Crippen LogP contribution in [0.15, 0.2) is 29.2 Å². The van der Waals surface area contributed by atoms with Gasteiger partial charge in [0.1, 0.15) is 0 Å². The number of hydrogen-bond donors (Lipinski definition) is 0. The zero-order chi connectivity index (χ0) is 19.2. The van der Waals surface area contributed by atoms with Gasteiger partial charge in [-0.2, -0.15) is 4.31 Å². The van der Waals surface area contributed by atoms with E-state index in [0.29, 0.717) is 31.1 Å². The topological polar surface area (TPSA) is 57.7 Å². The maximum atomic E-state index is 13.0. The molecule has 2 aliphatic rings. The highest BCUT2D eigenvalue weighted by Crippen LogP contribution is 2.27. The Morgan fingerprint density at radius 2 is 1.70 bits per heavy atom. The standard InChI is InChI=1S/C20H24N2O3S2/c1-14-12-19(15(2)26-14)20(23)21-8-10-22(11-9-21)27(24,25)18-7-6-16-4-3-5-17(16)13-18/h6-7,12-13H,3-5,8-11H2,1-2H3. The molecule has 1 aliphatic heterocycles. The molecule has 0 radical (unpaired) electrons. The number of fused-ring (bicyclic) bond motifs is 1. The van der Waals surface area contributed by atoms with E-state index in [0.717, 1.165) is 40.1 Å². The summed E-state index contributed by atoms with van der Waals surface area (Å²) in [5.41, 5.74) is 3.17. The molecule has 2 aromatic rings.